The molecule has 5 heteroatoms. The maximum atomic E-state index is 11.9. The van der Waals surface area contributed by atoms with Crippen LogP contribution < -0.4 is 10.7 Å². The van der Waals surface area contributed by atoms with Gasteiger partial charge in [0.15, 0.2) is 0 Å². The van der Waals surface area contributed by atoms with Crippen molar-refractivity contribution in [2.75, 3.05) is 5.32 Å². The number of hydrazone groups is 1. The first-order chi connectivity index (χ1) is 9.65. The van der Waals surface area contributed by atoms with Crippen molar-refractivity contribution in [1.29, 1.82) is 0 Å². The normalized spacial score (nSPS) is 12.3. The highest BCUT2D eigenvalue weighted by Gasteiger charge is 2.11. The number of nitrogens with zero attached hydrogens (tertiary/aromatic N) is 1. The first-order valence-corrected chi connectivity index (χ1v) is 7.23. The number of carbonyl (C=O) groups is 1. The Morgan fingerprint density at radius 3 is 2.90 bits per heavy atom. The number of nitrogens with one attached hydrogen (secondary N) is 2. The number of hydrogen-bond acceptors (Lipinski definition) is 4. The van der Waals surface area contributed by atoms with Crippen molar-refractivity contribution in [3.8, 4) is 0 Å². The van der Waals surface area contributed by atoms with Gasteiger partial charge in [0, 0.05) is 10.6 Å². The molecule has 0 aliphatic rings. The van der Waals surface area contributed by atoms with Gasteiger partial charge in [-0.05, 0) is 43.0 Å². The molecule has 0 spiro atoms. The summed E-state index contributed by atoms with van der Waals surface area (Å²) in [5, 5.41) is 9.05. The maximum Gasteiger partial charge on any atom is 0.262 e. The van der Waals surface area contributed by atoms with E-state index in [1.807, 2.05) is 48.7 Å². The lowest BCUT2D eigenvalue weighted by Gasteiger charge is -2.13. The third-order valence-electron chi connectivity index (χ3n) is 2.70. The SMILES string of the molecule is Cc1cccc(N[C@@H](C)C(=O)N/N=C\c2cccs2)c1. The van der Waals surface area contributed by atoms with Crippen LogP contribution in [-0.4, -0.2) is 18.2 Å². The summed E-state index contributed by atoms with van der Waals surface area (Å²) >= 11 is 1.57. The second kappa shape index (κ2) is 6.86. The molecule has 2 N–H and O–H groups in total. The van der Waals surface area contributed by atoms with Crippen LogP contribution in [0.2, 0.25) is 0 Å². The molecule has 0 saturated heterocycles. The van der Waals surface area contributed by atoms with E-state index in [4.69, 9.17) is 0 Å². The summed E-state index contributed by atoms with van der Waals surface area (Å²) in [4.78, 5) is 12.9. The number of anilines is 1. The predicted molar refractivity (Wildman–Crippen MR) is 84.3 cm³/mol. The summed E-state index contributed by atoms with van der Waals surface area (Å²) < 4.78 is 0. The van der Waals surface area contributed by atoms with E-state index in [0.29, 0.717) is 0 Å². The largest absolute Gasteiger partial charge is 0.374 e. The van der Waals surface area contributed by atoms with Crippen molar-refractivity contribution in [2.45, 2.75) is 19.9 Å². The fourth-order valence-electron chi connectivity index (χ4n) is 1.67. The van der Waals surface area contributed by atoms with Crippen LogP contribution in [0.4, 0.5) is 5.69 Å². The third kappa shape index (κ3) is 4.20. The Kier molecular flexibility index (Phi) is 4.90. The summed E-state index contributed by atoms with van der Waals surface area (Å²) in [7, 11) is 0. The molecule has 0 saturated carbocycles. The molecular weight excluding hydrogens is 270 g/mol. The van der Waals surface area contributed by atoms with E-state index in [0.717, 1.165) is 16.1 Å². The standard InChI is InChI=1S/C15H17N3OS/c1-11-5-3-6-13(9-11)17-12(2)15(19)18-16-10-14-7-4-8-20-14/h3-10,12,17H,1-2H3,(H,18,19)/b16-10-/t12-/m0/s1. The zero-order valence-electron chi connectivity index (χ0n) is 11.5. The molecule has 20 heavy (non-hydrogen) atoms. The van der Waals surface area contributed by atoms with E-state index in [-0.39, 0.29) is 11.9 Å². The topological polar surface area (TPSA) is 53.5 Å². The minimum atomic E-state index is -0.350. The second-order valence-electron chi connectivity index (χ2n) is 4.49. The van der Waals surface area contributed by atoms with Crippen LogP contribution in [0.15, 0.2) is 46.9 Å². The summed E-state index contributed by atoms with van der Waals surface area (Å²) in [5.41, 5.74) is 4.61. The fraction of sp³-hybridized carbons (Fsp3) is 0.200. The zero-order chi connectivity index (χ0) is 14.4. The van der Waals surface area contributed by atoms with Gasteiger partial charge in [-0.1, -0.05) is 18.2 Å². The number of benzene rings is 1. The van der Waals surface area contributed by atoms with Crippen LogP contribution in [0, 0.1) is 6.92 Å². The minimum absolute atomic E-state index is 0.167. The summed E-state index contributed by atoms with van der Waals surface area (Å²) in [6.07, 6.45) is 1.64. The van der Waals surface area contributed by atoms with Gasteiger partial charge in [-0.25, -0.2) is 5.43 Å². The Hall–Kier alpha value is -2.14. The minimum Gasteiger partial charge on any atom is -0.374 e. The molecule has 1 heterocycles. The zero-order valence-corrected chi connectivity index (χ0v) is 12.3. The Morgan fingerprint density at radius 2 is 2.20 bits per heavy atom. The summed E-state index contributed by atoms with van der Waals surface area (Å²) in [6.45, 7) is 3.82. The quantitative estimate of drug-likeness (QED) is 0.656. The number of amides is 1. The van der Waals surface area contributed by atoms with Gasteiger partial charge in [0.2, 0.25) is 0 Å². The van der Waals surface area contributed by atoms with E-state index < -0.39 is 0 Å². The van der Waals surface area contributed by atoms with Crippen molar-refractivity contribution in [3.05, 3.63) is 52.2 Å². The van der Waals surface area contributed by atoms with E-state index in [1.165, 1.54) is 0 Å². The number of carbonyl (C=O) groups excluding carboxylic acids is 1. The number of thiophene rings is 1. The lowest BCUT2D eigenvalue weighted by Crippen LogP contribution is -2.34. The highest BCUT2D eigenvalue weighted by Crippen LogP contribution is 2.10. The van der Waals surface area contributed by atoms with E-state index in [9.17, 15) is 4.79 Å². The van der Waals surface area contributed by atoms with Gasteiger partial charge in [-0.2, -0.15) is 5.10 Å². The van der Waals surface area contributed by atoms with Crippen LogP contribution in [0.3, 0.4) is 0 Å². The van der Waals surface area contributed by atoms with Crippen molar-refractivity contribution in [3.63, 3.8) is 0 Å². The average Bonchev–Trinajstić information content (AvgIpc) is 2.91. The summed E-state index contributed by atoms with van der Waals surface area (Å²) in [6, 6.07) is 11.4. The van der Waals surface area contributed by atoms with Gasteiger partial charge >= 0.3 is 0 Å². The lowest BCUT2D eigenvalue weighted by molar-refractivity contribution is -0.121. The molecule has 4 nitrogen and oxygen atoms in total. The molecule has 0 fully saturated rings. The Balaban J connectivity index is 1.86. The van der Waals surface area contributed by atoms with Gasteiger partial charge in [-0.3, -0.25) is 4.79 Å². The number of aryl methyl sites for hydroxylation is 1. The van der Waals surface area contributed by atoms with Gasteiger partial charge in [-0.15, -0.1) is 11.3 Å². The lowest BCUT2D eigenvalue weighted by atomic mass is 10.2. The van der Waals surface area contributed by atoms with E-state index in [1.54, 1.807) is 24.5 Å². The van der Waals surface area contributed by atoms with E-state index >= 15 is 0 Å². The van der Waals surface area contributed by atoms with Crippen molar-refractivity contribution in [1.82, 2.24) is 5.43 Å². The monoisotopic (exact) mass is 287 g/mol. The summed E-state index contributed by atoms with van der Waals surface area (Å²) in [5.74, 6) is -0.167. The van der Waals surface area contributed by atoms with Crippen molar-refractivity contribution in [2.24, 2.45) is 5.10 Å². The van der Waals surface area contributed by atoms with Crippen LogP contribution in [0.25, 0.3) is 0 Å². The second-order valence-corrected chi connectivity index (χ2v) is 5.46. The van der Waals surface area contributed by atoms with Crippen LogP contribution in [0.1, 0.15) is 17.4 Å². The maximum absolute atomic E-state index is 11.9. The molecule has 1 atom stereocenters. The molecule has 104 valence electrons. The van der Waals surface area contributed by atoms with E-state index in [2.05, 4.69) is 15.8 Å². The molecule has 0 aliphatic heterocycles. The average molecular weight is 287 g/mol. The molecule has 1 aromatic carbocycles. The molecule has 0 unspecified atom stereocenters. The highest BCUT2D eigenvalue weighted by atomic mass is 32.1. The first kappa shape index (κ1) is 14.3. The van der Waals surface area contributed by atoms with Crippen LogP contribution in [0.5, 0.6) is 0 Å². The molecule has 1 amide bonds. The Morgan fingerprint density at radius 1 is 1.35 bits per heavy atom. The molecule has 2 rings (SSSR count). The number of hydrogen-bond donors (Lipinski definition) is 2. The molecule has 0 radical (unpaired) electrons. The van der Waals surface area contributed by atoms with Gasteiger partial charge < -0.3 is 5.32 Å². The Labute approximate surface area is 122 Å². The van der Waals surface area contributed by atoms with Crippen molar-refractivity contribution >= 4 is 29.1 Å². The molecule has 0 aliphatic carbocycles. The fourth-order valence-corrected chi connectivity index (χ4v) is 2.26. The molecule has 2 aromatic rings. The highest BCUT2D eigenvalue weighted by molar-refractivity contribution is 7.11. The van der Waals surface area contributed by atoms with Gasteiger partial charge in [0.25, 0.3) is 5.91 Å². The van der Waals surface area contributed by atoms with Crippen molar-refractivity contribution < 1.29 is 4.79 Å². The third-order valence-corrected chi connectivity index (χ3v) is 3.51. The van der Waals surface area contributed by atoms with Crippen LogP contribution in [-0.2, 0) is 4.79 Å². The molecule has 1 aromatic heterocycles. The molecular formula is C15H17N3OS. The Bertz CT molecular complexity index is 593. The smallest absolute Gasteiger partial charge is 0.262 e. The van der Waals surface area contributed by atoms with Gasteiger partial charge in [0.05, 0.1) is 6.21 Å². The predicted octanol–water partition coefficient (Wildman–Crippen LogP) is 3.01. The number of rotatable bonds is 5. The molecule has 0 bridgehead atoms. The first-order valence-electron chi connectivity index (χ1n) is 6.35. The van der Waals surface area contributed by atoms with Gasteiger partial charge in [0.1, 0.15) is 6.04 Å². The van der Waals surface area contributed by atoms with Crippen LogP contribution >= 0.6 is 11.3 Å².